The van der Waals surface area contributed by atoms with E-state index >= 15 is 0 Å². The number of nitrogen functional groups attached to an aromatic ring is 1. The maximum Gasteiger partial charge on any atom is 0.128 e. The molecule has 0 aromatic carbocycles. The third-order valence-corrected chi connectivity index (χ3v) is 1.67. The largest absolute Gasteiger partial charge is 0.384 e. The molecular weight excluding hydrogens is 146 g/mol. The van der Waals surface area contributed by atoms with E-state index in [9.17, 15) is 0 Å². The van der Waals surface area contributed by atoms with Crippen LogP contribution in [0.5, 0.6) is 0 Å². The van der Waals surface area contributed by atoms with E-state index < -0.39 is 0 Å². The minimum absolute atomic E-state index is 0.539. The molecule has 0 aliphatic carbocycles. The number of hydrogen-bond acceptors (Lipinski definition) is 4. The van der Waals surface area contributed by atoms with Crippen molar-refractivity contribution in [3.63, 3.8) is 0 Å². The van der Waals surface area contributed by atoms with Crippen LogP contribution in [0.25, 0.3) is 0 Å². The summed E-state index contributed by atoms with van der Waals surface area (Å²) in [6.45, 7) is 1.83. The molecule has 0 radical (unpaired) electrons. The third-order valence-electron chi connectivity index (χ3n) is 1.04. The molecule has 1 aromatic rings. The summed E-state index contributed by atoms with van der Waals surface area (Å²) < 4.78 is 0. The van der Waals surface area contributed by atoms with Crippen molar-refractivity contribution in [1.82, 2.24) is 9.97 Å². The fourth-order valence-electron chi connectivity index (χ4n) is 0.667. The van der Waals surface area contributed by atoms with Crippen LogP contribution in [-0.2, 0) is 0 Å². The Labute approximate surface area is 64.1 Å². The van der Waals surface area contributed by atoms with Gasteiger partial charge in [-0.1, -0.05) is 0 Å². The summed E-state index contributed by atoms with van der Waals surface area (Å²) in [6, 6.07) is 1.76. The first-order valence-electron chi connectivity index (χ1n) is 2.87. The van der Waals surface area contributed by atoms with Crippen molar-refractivity contribution in [3.05, 3.63) is 11.9 Å². The fraction of sp³-hybridized carbons (Fsp3) is 0.333. The molecule has 0 aliphatic heterocycles. The molecule has 0 aliphatic rings. The Morgan fingerprint density at radius 1 is 1.50 bits per heavy atom. The molecule has 1 aromatic heterocycles. The standard InChI is InChI=1S/C6H9N3S/c1-4-8-5(7)3-6(9-4)10-2/h3H,1-2H3,(H2,7,8,9). The fourth-order valence-corrected chi connectivity index (χ4v) is 1.13. The molecule has 10 heavy (non-hydrogen) atoms. The molecule has 1 rings (SSSR count). The van der Waals surface area contributed by atoms with Crippen LogP contribution < -0.4 is 5.73 Å². The van der Waals surface area contributed by atoms with Gasteiger partial charge < -0.3 is 5.73 Å². The normalized spacial score (nSPS) is 9.80. The molecule has 4 heteroatoms. The second-order valence-electron chi connectivity index (χ2n) is 1.88. The minimum atomic E-state index is 0.539. The van der Waals surface area contributed by atoms with Gasteiger partial charge in [0, 0.05) is 6.07 Å². The summed E-state index contributed by atoms with van der Waals surface area (Å²) in [6.07, 6.45) is 1.96. The molecule has 3 nitrogen and oxygen atoms in total. The molecule has 0 fully saturated rings. The van der Waals surface area contributed by atoms with E-state index in [2.05, 4.69) is 9.97 Å². The van der Waals surface area contributed by atoms with Gasteiger partial charge in [0.05, 0.1) is 0 Å². The third kappa shape index (κ3) is 1.60. The molecule has 2 N–H and O–H groups in total. The Morgan fingerprint density at radius 2 is 2.20 bits per heavy atom. The average Bonchev–Trinajstić information content (AvgIpc) is 1.85. The summed E-state index contributed by atoms with van der Waals surface area (Å²) in [4.78, 5) is 8.06. The van der Waals surface area contributed by atoms with E-state index in [1.807, 2.05) is 13.2 Å². The van der Waals surface area contributed by atoms with Gasteiger partial charge in [-0.05, 0) is 13.2 Å². The number of nitrogens with zero attached hydrogens (tertiary/aromatic N) is 2. The van der Waals surface area contributed by atoms with Crippen molar-refractivity contribution in [3.8, 4) is 0 Å². The first kappa shape index (κ1) is 7.34. The van der Waals surface area contributed by atoms with E-state index in [1.54, 1.807) is 17.8 Å². The van der Waals surface area contributed by atoms with Crippen molar-refractivity contribution in [2.24, 2.45) is 0 Å². The Kier molecular flexibility index (Phi) is 2.11. The summed E-state index contributed by atoms with van der Waals surface area (Å²) >= 11 is 1.57. The highest BCUT2D eigenvalue weighted by molar-refractivity contribution is 7.98. The van der Waals surface area contributed by atoms with Crippen molar-refractivity contribution < 1.29 is 0 Å². The highest BCUT2D eigenvalue weighted by Gasteiger charge is 1.95. The second kappa shape index (κ2) is 2.88. The second-order valence-corrected chi connectivity index (χ2v) is 2.71. The van der Waals surface area contributed by atoms with Crippen LogP contribution in [0.3, 0.4) is 0 Å². The minimum Gasteiger partial charge on any atom is -0.384 e. The topological polar surface area (TPSA) is 51.8 Å². The molecule has 0 amide bonds. The van der Waals surface area contributed by atoms with Crippen molar-refractivity contribution in [1.29, 1.82) is 0 Å². The van der Waals surface area contributed by atoms with Gasteiger partial charge in [0.15, 0.2) is 0 Å². The number of anilines is 1. The number of rotatable bonds is 1. The smallest absolute Gasteiger partial charge is 0.128 e. The molecule has 0 unspecified atom stereocenters. The Morgan fingerprint density at radius 3 is 2.70 bits per heavy atom. The van der Waals surface area contributed by atoms with Gasteiger partial charge in [0.2, 0.25) is 0 Å². The van der Waals surface area contributed by atoms with E-state index in [1.165, 1.54) is 0 Å². The average molecular weight is 155 g/mol. The van der Waals surface area contributed by atoms with Crippen LogP contribution in [0.15, 0.2) is 11.1 Å². The van der Waals surface area contributed by atoms with E-state index in [4.69, 9.17) is 5.73 Å². The molecule has 1 heterocycles. The summed E-state index contributed by atoms with van der Waals surface area (Å²) in [5.74, 6) is 1.27. The molecule has 0 saturated carbocycles. The van der Waals surface area contributed by atoms with Crippen LogP contribution in [0.2, 0.25) is 0 Å². The van der Waals surface area contributed by atoms with Crippen LogP contribution in [-0.4, -0.2) is 16.2 Å². The van der Waals surface area contributed by atoms with Gasteiger partial charge in [-0.25, -0.2) is 9.97 Å². The van der Waals surface area contributed by atoms with E-state index in [0.29, 0.717) is 5.82 Å². The zero-order valence-corrected chi connectivity index (χ0v) is 6.77. The lowest BCUT2D eigenvalue weighted by Gasteiger charge is -1.97. The summed E-state index contributed by atoms with van der Waals surface area (Å²) in [5, 5.41) is 0.921. The van der Waals surface area contributed by atoms with Crippen LogP contribution in [0, 0.1) is 6.92 Å². The van der Waals surface area contributed by atoms with Crippen LogP contribution in [0.1, 0.15) is 5.82 Å². The lowest BCUT2D eigenvalue weighted by Crippen LogP contribution is -1.95. The number of aromatic nitrogens is 2. The number of hydrogen-bond donors (Lipinski definition) is 1. The van der Waals surface area contributed by atoms with Gasteiger partial charge in [-0.2, -0.15) is 0 Å². The highest BCUT2D eigenvalue weighted by Crippen LogP contribution is 2.12. The Hall–Kier alpha value is -0.770. The molecule has 54 valence electrons. The Balaban J connectivity index is 3.06. The van der Waals surface area contributed by atoms with Crippen LogP contribution >= 0.6 is 11.8 Å². The quantitative estimate of drug-likeness (QED) is 0.487. The first-order valence-corrected chi connectivity index (χ1v) is 4.10. The van der Waals surface area contributed by atoms with Gasteiger partial charge in [0.25, 0.3) is 0 Å². The Bertz CT molecular complexity index is 216. The van der Waals surface area contributed by atoms with Crippen molar-refractivity contribution in [2.75, 3.05) is 12.0 Å². The number of aryl methyl sites for hydroxylation is 1. The van der Waals surface area contributed by atoms with Gasteiger partial charge in [-0.15, -0.1) is 11.8 Å². The first-order chi connectivity index (χ1) is 4.72. The van der Waals surface area contributed by atoms with Crippen LogP contribution in [0.4, 0.5) is 5.82 Å². The SMILES string of the molecule is CSc1cc(N)nc(C)n1. The van der Waals surface area contributed by atoms with Crippen molar-refractivity contribution in [2.45, 2.75) is 11.9 Å². The zero-order valence-electron chi connectivity index (χ0n) is 5.96. The van der Waals surface area contributed by atoms with Gasteiger partial charge in [-0.3, -0.25) is 0 Å². The van der Waals surface area contributed by atoms with Gasteiger partial charge in [0.1, 0.15) is 16.7 Å². The predicted octanol–water partition coefficient (Wildman–Crippen LogP) is 1.09. The molecule has 0 spiro atoms. The maximum absolute atomic E-state index is 5.47. The summed E-state index contributed by atoms with van der Waals surface area (Å²) in [5.41, 5.74) is 5.47. The zero-order chi connectivity index (χ0) is 7.56. The molecule has 0 bridgehead atoms. The number of nitrogens with two attached hydrogens (primary N) is 1. The van der Waals surface area contributed by atoms with Crippen molar-refractivity contribution >= 4 is 17.6 Å². The lowest BCUT2D eigenvalue weighted by molar-refractivity contribution is 0.977. The lowest BCUT2D eigenvalue weighted by atomic mass is 10.5. The van der Waals surface area contributed by atoms with E-state index in [-0.39, 0.29) is 0 Å². The molecule has 0 atom stereocenters. The number of thioether (sulfide) groups is 1. The maximum atomic E-state index is 5.47. The molecular formula is C6H9N3S. The van der Waals surface area contributed by atoms with E-state index in [0.717, 1.165) is 10.9 Å². The predicted molar refractivity (Wildman–Crippen MR) is 43.0 cm³/mol. The molecule has 0 saturated heterocycles. The summed E-state index contributed by atoms with van der Waals surface area (Å²) in [7, 11) is 0. The van der Waals surface area contributed by atoms with Gasteiger partial charge >= 0.3 is 0 Å². The highest BCUT2D eigenvalue weighted by atomic mass is 32.2. The monoisotopic (exact) mass is 155 g/mol.